The summed E-state index contributed by atoms with van der Waals surface area (Å²) in [5.74, 6) is 1.02. The predicted octanol–water partition coefficient (Wildman–Crippen LogP) is 1.44. The van der Waals surface area contributed by atoms with Gasteiger partial charge in [-0.05, 0) is 19.4 Å². The molecule has 24 heavy (non-hydrogen) atoms. The first kappa shape index (κ1) is 16.1. The number of rotatable bonds is 3. The molecular formula is C18H20N2O4. The number of ether oxygens (including phenoxy) is 2. The lowest BCUT2D eigenvalue weighted by Gasteiger charge is -2.27. The van der Waals surface area contributed by atoms with Gasteiger partial charge >= 0.3 is 0 Å². The molecule has 0 fully saturated rings. The molecular weight excluding hydrogens is 308 g/mol. The summed E-state index contributed by atoms with van der Waals surface area (Å²) in [7, 11) is 3.40. The molecule has 1 N–H and O–H groups in total. The maximum Gasteiger partial charge on any atom is 0.257 e. The molecule has 0 radical (unpaired) electrons. The van der Waals surface area contributed by atoms with E-state index in [1.54, 1.807) is 24.9 Å². The van der Waals surface area contributed by atoms with Gasteiger partial charge < -0.3 is 19.4 Å². The molecule has 0 aliphatic carbocycles. The van der Waals surface area contributed by atoms with Crippen LogP contribution in [0.1, 0.15) is 21.6 Å². The molecule has 1 aromatic heterocycles. The van der Waals surface area contributed by atoms with E-state index in [9.17, 15) is 9.59 Å². The van der Waals surface area contributed by atoms with E-state index < -0.39 is 0 Å². The van der Waals surface area contributed by atoms with Crippen LogP contribution >= 0.6 is 0 Å². The van der Waals surface area contributed by atoms with Crippen molar-refractivity contribution >= 4 is 5.91 Å². The Morgan fingerprint density at radius 1 is 1.42 bits per heavy atom. The van der Waals surface area contributed by atoms with E-state index in [0.29, 0.717) is 18.8 Å². The van der Waals surface area contributed by atoms with Crippen LogP contribution in [0.25, 0.3) is 0 Å². The summed E-state index contributed by atoms with van der Waals surface area (Å²) in [6, 6.07) is 6.95. The second kappa shape index (κ2) is 6.39. The monoisotopic (exact) mass is 328 g/mol. The number of para-hydroxylation sites is 1. The Balaban J connectivity index is 1.77. The second-order valence-electron chi connectivity index (χ2n) is 5.94. The number of nitrogens with zero attached hydrogens (tertiary/aromatic N) is 1. The lowest BCUT2D eigenvalue weighted by molar-refractivity contribution is 0.0912. The third-order valence-electron chi connectivity index (χ3n) is 4.24. The van der Waals surface area contributed by atoms with Crippen molar-refractivity contribution in [2.75, 3.05) is 13.7 Å². The molecule has 1 amide bonds. The summed E-state index contributed by atoms with van der Waals surface area (Å²) in [6.07, 6.45) is 2.19. The van der Waals surface area contributed by atoms with Gasteiger partial charge in [-0.2, -0.15) is 0 Å². The van der Waals surface area contributed by atoms with Crippen molar-refractivity contribution < 1.29 is 14.3 Å². The Morgan fingerprint density at radius 2 is 2.21 bits per heavy atom. The van der Waals surface area contributed by atoms with E-state index in [4.69, 9.17) is 9.47 Å². The van der Waals surface area contributed by atoms with Crippen LogP contribution < -0.4 is 20.2 Å². The largest absolute Gasteiger partial charge is 0.493 e. The Morgan fingerprint density at radius 3 is 2.96 bits per heavy atom. The smallest absolute Gasteiger partial charge is 0.257 e. The maximum atomic E-state index is 12.4. The van der Waals surface area contributed by atoms with Crippen LogP contribution in [0.5, 0.6) is 11.5 Å². The fraction of sp³-hybridized carbons (Fsp3) is 0.333. The fourth-order valence-corrected chi connectivity index (χ4v) is 2.81. The standard InChI is InChI=1S/C18H20N2O4/c1-11-7-15(21)14(9-20(11)2)18(22)19-13-8-12-5-4-6-16(23-3)17(12)24-10-13/h4-7,9,13H,8,10H2,1-3H3,(H,19,22). The van der Waals surface area contributed by atoms with Gasteiger partial charge in [0, 0.05) is 30.6 Å². The number of methoxy groups -OCH3 is 1. The van der Waals surface area contributed by atoms with Gasteiger partial charge in [-0.1, -0.05) is 12.1 Å². The third-order valence-corrected chi connectivity index (χ3v) is 4.24. The van der Waals surface area contributed by atoms with Crippen molar-refractivity contribution in [1.82, 2.24) is 9.88 Å². The molecule has 1 aliphatic rings. The molecule has 0 bridgehead atoms. The van der Waals surface area contributed by atoms with E-state index in [2.05, 4.69) is 5.32 Å². The molecule has 1 aromatic carbocycles. The average Bonchev–Trinajstić information content (AvgIpc) is 2.57. The van der Waals surface area contributed by atoms with Gasteiger partial charge in [-0.25, -0.2) is 0 Å². The van der Waals surface area contributed by atoms with Gasteiger partial charge in [0.1, 0.15) is 12.2 Å². The van der Waals surface area contributed by atoms with Crippen molar-refractivity contribution in [1.29, 1.82) is 0 Å². The summed E-state index contributed by atoms with van der Waals surface area (Å²) in [5, 5.41) is 2.88. The van der Waals surface area contributed by atoms with Gasteiger partial charge in [0.2, 0.25) is 0 Å². The minimum atomic E-state index is -0.379. The molecule has 6 heteroatoms. The number of carbonyl (C=O) groups is 1. The number of hydrogen-bond donors (Lipinski definition) is 1. The van der Waals surface area contributed by atoms with Gasteiger partial charge in [0.15, 0.2) is 16.9 Å². The third kappa shape index (κ3) is 2.99. The molecule has 0 saturated heterocycles. The molecule has 0 saturated carbocycles. The number of aryl methyl sites for hydroxylation is 2. The summed E-state index contributed by atoms with van der Waals surface area (Å²) >= 11 is 0. The predicted molar refractivity (Wildman–Crippen MR) is 89.9 cm³/mol. The van der Waals surface area contributed by atoms with E-state index in [1.807, 2.05) is 25.1 Å². The van der Waals surface area contributed by atoms with Gasteiger partial charge in [-0.15, -0.1) is 0 Å². The summed E-state index contributed by atoms with van der Waals surface area (Å²) in [4.78, 5) is 24.5. The van der Waals surface area contributed by atoms with E-state index in [1.165, 1.54) is 6.07 Å². The van der Waals surface area contributed by atoms with Crippen LogP contribution in [0.2, 0.25) is 0 Å². The van der Waals surface area contributed by atoms with Crippen LogP contribution in [0.4, 0.5) is 0 Å². The summed E-state index contributed by atoms with van der Waals surface area (Å²) in [5.41, 5.74) is 1.64. The van der Waals surface area contributed by atoms with Crippen LogP contribution in [-0.4, -0.2) is 30.2 Å². The molecule has 126 valence electrons. The van der Waals surface area contributed by atoms with E-state index in [0.717, 1.165) is 17.0 Å². The molecule has 0 spiro atoms. The van der Waals surface area contributed by atoms with Crippen molar-refractivity contribution in [2.24, 2.45) is 7.05 Å². The first-order valence-corrected chi connectivity index (χ1v) is 7.76. The van der Waals surface area contributed by atoms with Crippen LogP contribution in [0, 0.1) is 6.92 Å². The Kier molecular flexibility index (Phi) is 4.29. The van der Waals surface area contributed by atoms with E-state index in [-0.39, 0.29) is 22.9 Å². The molecule has 6 nitrogen and oxygen atoms in total. The zero-order valence-corrected chi connectivity index (χ0v) is 14.0. The molecule has 3 rings (SSSR count). The molecule has 1 aliphatic heterocycles. The number of carbonyl (C=O) groups excluding carboxylic acids is 1. The zero-order chi connectivity index (χ0) is 17.3. The fourth-order valence-electron chi connectivity index (χ4n) is 2.81. The van der Waals surface area contributed by atoms with Crippen molar-refractivity contribution in [3.63, 3.8) is 0 Å². The number of benzene rings is 1. The highest BCUT2D eigenvalue weighted by molar-refractivity contribution is 5.94. The Hall–Kier alpha value is -2.76. The van der Waals surface area contributed by atoms with Crippen LogP contribution in [0.15, 0.2) is 35.3 Å². The number of fused-ring (bicyclic) bond motifs is 1. The zero-order valence-electron chi connectivity index (χ0n) is 14.0. The van der Waals surface area contributed by atoms with Crippen molar-refractivity contribution in [2.45, 2.75) is 19.4 Å². The lowest BCUT2D eigenvalue weighted by Crippen LogP contribution is -2.44. The Bertz CT molecular complexity index is 841. The first-order chi connectivity index (χ1) is 11.5. The topological polar surface area (TPSA) is 69.6 Å². The average molecular weight is 328 g/mol. The first-order valence-electron chi connectivity index (χ1n) is 7.76. The van der Waals surface area contributed by atoms with Gasteiger partial charge in [0.25, 0.3) is 5.91 Å². The van der Waals surface area contributed by atoms with Crippen molar-refractivity contribution in [3.05, 3.63) is 57.5 Å². The summed E-state index contributed by atoms with van der Waals surface area (Å²) < 4.78 is 12.8. The maximum absolute atomic E-state index is 12.4. The minimum Gasteiger partial charge on any atom is -0.493 e. The highest BCUT2D eigenvalue weighted by Gasteiger charge is 2.25. The SMILES string of the molecule is COc1cccc2c1OCC(NC(=O)c1cn(C)c(C)cc1=O)C2. The highest BCUT2D eigenvalue weighted by Crippen LogP contribution is 2.34. The minimum absolute atomic E-state index is 0.138. The lowest BCUT2D eigenvalue weighted by atomic mass is 10.0. The molecule has 1 unspecified atom stereocenters. The summed E-state index contributed by atoms with van der Waals surface area (Å²) in [6.45, 7) is 2.16. The Labute approximate surface area is 140 Å². The quantitative estimate of drug-likeness (QED) is 0.925. The second-order valence-corrected chi connectivity index (χ2v) is 5.94. The number of hydrogen-bond acceptors (Lipinski definition) is 4. The number of nitrogens with one attached hydrogen (secondary N) is 1. The number of pyridine rings is 1. The highest BCUT2D eigenvalue weighted by atomic mass is 16.5. The van der Waals surface area contributed by atoms with Gasteiger partial charge in [-0.3, -0.25) is 9.59 Å². The van der Waals surface area contributed by atoms with Crippen LogP contribution in [0.3, 0.4) is 0 Å². The molecule has 2 heterocycles. The molecule has 1 atom stereocenters. The van der Waals surface area contributed by atoms with Crippen LogP contribution in [-0.2, 0) is 13.5 Å². The van der Waals surface area contributed by atoms with Crippen molar-refractivity contribution in [3.8, 4) is 11.5 Å². The number of amides is 1. The molecule has 2 aromatic rings. The van der Waals surface area contributed by atoms with E-state index >= 15 is 0 Å². The normalized spacial score (nSPS) is 16.0. The van der Waals surface area contributed by atoms with Gasteiger partial charge in [0.05, 0.1) is 13.2 Å². The number of aromatic nitrogens is 1.